The zero-order valence-electron chi connectivity index (χ0n) is 9.85. The van der Waals surface area contributed by atoms with E-state index in [-0.39, 0.29) is 12.5 Å². The van der Waals surface area contributed by atoms with Crippen molar-refractivity contribution in [3.63, 3.8) is 0 Å². The largest absolute Gasteiger partial charge is 0.480 e. The Morgan fingerprint density at radius 3 is 2.76 bits per heavy atom. The van der Waals surface area contributed by atoms with E-state index in [1.54, 1.807) is 6.92 Å². The molecule has 0 saturated carbocycles. The van der Waals surface area contributed by atoms with Gasteiger partial charge in [0, 0.05) is 13.2 Å². The maximum atomic E-state index is 12.3. The Kier molecular flexibility index (Phi) is 3.35. The average Bonchev–Trinajstić information content (AvgIpc) is 2.76. The lowest BCUT2D eigenvalue weighted by Crippen LogP contribution is -2.58. The molecule has 0 aliphatic carbocycles. The van der Waals surface area contributed by atoms with E-state index in [4.69, 9.17) is 14.6 Å². The lowest BCUT2D eigenvalue weighted by atomic mass is 9.99. The highest BCUT2D eigenvalue weighted by Gasteiger charge is 2.44. The second-order valence-electron chi connectivity index (χ2n) is 4.61. The maximum Gasteiger partial charge on any atom is 0.328 e. The molecular formula is C11H17NO5. The van der Waals surface area contributed by atoms with Crippen molar-refractivity contribution in [2.45, 2.75) is 31.4 Å². The van der Waals surface area contributed by atoms with E-state index < -0.39 is 17.6 Å². The van der Waals surface area contributed by atoms with Crippen molar-refractivity contribution in [2.24, 2.45) is 0 Å². The van der Waals surface area contributed by atoms with Gasteiger partial charge in [-0.1, -0.05) is 0 Å². The van der Waals surface area contributed by atoms with Gasteiger partial charge in [-0.25, -0.2) is 4.79 Å². The zero-order chi connectivity index (χ0) is 12.5. The first-order valence-corrected chi connectivity index (χ1v) is 5.80. The number of hydrogen-bond acceptors (Lipinski definition) is 4. The number of carbonyl (C=O) groups excluding carboxylic acids is 1. The van der Waals surface area contributed by atoms with Crippen molar-refractivity contribution >= 4 is 11.9 Å². The van der Waals surface area contributed by atoms with Crippen molar-refractivity contribution in [2.75, 3.05) is 26.4 Å². The van der Waals surface area contributed by atoms with Gasteiger partial charge in [0.2, 0.25) is 0 Å². The first-order valence-electron chi connectivity index (χ1n) is 5.80. The first-order chi connectivity index (χ1) is 8.04. The van der Waals surface area contributed by atoms with Gasteiger partial charge in [0.15, 0.2) is 6.04 Å². The van der Waals surface area contributed by atoms with E-state index in [9.17, 15) is 9.59 Å². The minimum atomic E-state index is -1.03. The van der Waals surface area contributed by atoms with Crippen LogP contribution < -0.4 is 0 Å². The number of morpholine rings is 1. The molecular weight excluding hydrogens is 226 g/mol. The van der Waals surface area contributed by atoms with Gasteiger partial charge in [-0.15, -0.1) is 0 Å². The van der Waals surface area contributed by atoms with Gasteiger partial charge in [0.25, 0.3) is 5.91 Å². The minimum Gasteiger partial charge on any atom is -0.480 e. The number of aliphatic carboxylic acids is 1. The van der Waals surface area contributed by atoms with E-state index in [0.29, 0.717) is 26.2 Å². The van der Waals surface area contributed by atoms with Crippen LogP contribution in [0.4, 0.5) is 0 Å². The van der Waals surface area contributed by atoms with Crippen molar-refractivity contribution in [3.8, 4) is 0 Å². The quantitative estimate of drug-likeness (QED) is 0.731. The van der Waals surface area contributed by atoms with Crippen LogP contribution in [0.1, 0.15) is 19.8 Å². The Hall–Kier alpha value is -1.14. The fourth-order valence-electron chi connectivity index (χ4n) is 2.30. The SMILES string of the molecule is CC1(C(=O)N2CCOCC2C(=O)O)CCCO1. The third-order valence-electron chi connectivity index (χ3n) is 3.35. The number of amides is 1. The average molecular weight is 243 g/mol. The van der Waals surface area contributed by atoms with Gasteiger partial charge in [-0.2, -0.15) is 0 Å². The van der Waals surface area contributed by atoms with E-state index in [1.165, 1.54) is 4.90 Å². The molecule has 0 aromatic heterocycles. The summed E-state index contributed by atoms with van der Waals surface area (Å²) in [7, 11) is 0. The van der Waals surface area contributed by atoms with Crippen LogP contribution in [0.2, 0.25) is 0 Å². The summed E-state index contributed by atoms with van der Waals surface area (Å²) in [6.45, 7) is 3.04. The summed E-state index contributed by atoms with van der Waals surface area (Å²) < 4.78 is 10.6. The molecule has 2 heterocycles. The first kappa shape index (κ1) is 12.3. The monoisotopic (exact) mass is 243 g/mol. The number of carboxylic acid groups (broad SMARTS) is 1. The van der Waals surface area contributed by atoms with Crippen LogP contribution in [0.15, 0.2) is 0 Å². The van der Waals surface area contributed by atoms with Crippen LogP contribution in [0.25, 0.3) is 0 Å². The van der Waals surface area contributed by atoms with Crippen molar-refractivity contribution in [1.82, 2.24) is 4.90 Å². The molecule has 0 aromatic rings. The molecule has 0 aromatic carbocycles. The normalized spacial score (nSPS) is 33.7. The third kappa shape index (κ3) is 2.28. The highest BCUT2D eigenvalue weighted by Crippen LogP contribution is 2.28. The minimum absolute atomic E-state index is 0.0527. The summed E-state index contributed by atoms with van der Waals surface area (Å²) in [5, 5.41) is 9.07. The number of ether oxygens (including phenoxy) is 2. The van der Waals surface area contributed by atoms with Crippen LogP contribution in [-0.4, -0.2) is 59.9 Å². The summed E-state index contributed by atoms with van der Waals surface area (Å²) in [5.74, 6) is -1.26. The molecule has 6 heteroatoms. The molecule has 2 aliphatic heterocycles. The number of carbonyl (C=O) groups is 2. The van der Waals surface area contributed by atoms with Gasteiger partial charge in [-0.05, 0) is 19.8 Å². The summed E-state index contributed by atoms with van der Waals surface area (Å²) in [6, 6.07) is -0.891. The highest BCUT2D eigenvalue weighted by molar-refractivity contribution is 5.89. The highest BCUT2D eigenvalue weighted by atomic mass is 16.5. The third-order valence-corrected chi connectivity index (χ3v) is 3.35. The van der Waals surface area contributed by atoms with Crippen LogP contribution in [0, 0.1) is 0 Å². The molecule has 17 heavy (non-hydrogen) atoms. The van der Waals surface area contributed by atoms with E-state index in [2.05, 4.69) is 0 Å². The standard InChI is InChI=1S/C11H17NO5/c1-11(3-2-5-17-11)10(15)12-4-6-16-7-8(12)9(13)14/h8H,2-7H2,1H3,(H,13,14). The van der Waals surface area contributed by atoms with Crippen LogP contribution >= 0.6 is 0 Å². The summed E-state index contributed by atoms with van der Waals surface area (Å²) >= 11 is 0. The molecule has 2 unspecified atom stereocenters. The second kappa shape index (κ2) is 4.62. The molecule has 2 atom stereocenters. The molecule has 0 bridgehead atoms. The van der Waals surface area contributed by atoms with Gasteiger partial charge in [0.1, 0.15) is 5.60 Å². The lowest BCUT2D eigenvalue weighted by Gasteiger charge is -2.37. The van der Waals surface area contributed by atoms with Gasteiger partial charge in [0.05, 0.1) is 13.2 Å². The Labute approximate surface area is 99.5 Å². The molecule has 2 saturated heterocycles. The molecule has 1 amide bonds. The molecule has 2 rings (SSSR count). The summed E-state index contributed by atoms with van der Waals surface area (Å²) in [6.07, 6.45) is 1.49. The lowest BCUT2D eigenvalue weighted by molar-refractivity contribution is -0.168. The van der Waals surface area contributed by atoms with Gasteiger partial charge >= 0.3 is 5.97 Å². The van der Waals surface area contributed by atoms with E-state index in [0.717, 1.165) is 6.42 Å². The van der Waals surface area contributed by atoms with Crippen LogP contribution in [-0.2, 0) is 19.1 Å². The zero-order valence-corrected chi connectivity index (χ0v) is 9.85. The van der Waals surface area contributed by atoms with Crippen molar-refractivity contribution in [1.29, 1.82) is 0 Å². The molecule has 2 fully saturated rings. The summed E-state index contributed by atoms with van der Waals surface area (Å²) in [5.41, 5.74) is -0.856. The van der Waals surface area contributed by atoms with Gasteiger partial charge < -0.3 is 19.5 Å². The number of carboxylic acids is 1. The molecule has 1 N–H and O–H groups in total. The number of nitrogens with zero attached hydrogens (tertiary/aromatic N) is 1. The Balaban J connectivity index is 2.13. The number of rotatable bonds is 2. The van der Waals surface area contributed by atoms with Crippen molar-refractivity contribution < 1.29 is 24.2 Å². The predicted molar refractivity (Wildman–Crippen MR) is 57.5 cm³/mol. The van der Waals surface area contributed by atoms with E-state index >= 15 is 0 Å². The molecule has 6 nitrogen and oxygen atoms in total. The number of hydrogen-bond donors (Lipinski definition) is 1. The van der Waals surface area contributed by atoms with E-state index in [1.807, 2.05) is 0 Å². The molecule has 0 spiro atoms. The molecule has 96 valence electrons. The van der Waals surface area contributed by atoms with Gasteiger partial charge in [-0.3, -0.25) is 4.79 Å². The smallest absolute Gasteiger partial charge is 0.328 e. The topological polar surface area (TPSA) is 76.1 Å². The molecule has 0 radical (unpaired) electrons. The Morgan fingerprint density at radius 2 is 2.18 bits per heavy atom. The fourth-order valence-corrected chi connectivity index (χ4v) is 2.30. The van der Waals surface area contributed by atoms with Crippen molar-refractivity contribution in [3.05, 3.63) is 0 Å². The second-order valence-corrected chi connectivity index (χ2v) is 4.61. The Morgan fingerprint density at radius 1 is 1.41 bits per heavy atom. The fraction of sp³-hybridized carbons (Fsp3) is 0.818. The van der Waals surface area contributed by atoms with Crippen LogP contribution in [0.5, 0.6) is 0 Å². The van der Waals surface area contributed by atoms with Crippen LogP contribution in [0.3, 0.4) is 0 Å². The molecule has 2 aliphatic rings. The predicted octanol–water partition coefficient (Wildman–Crippen LogP) is -0.132. The maximum absolute atomic E-state index is 12.3. The summed E-state index contributed by atoms with van der Waals surface area (Å²) in [4.78, 5) is 24.8. The Bertz CT molecular complexity index is 324.